The lowest BCUT2D eigenvalue weighted by atomic mass is 10.1. The van der Waals surface area contributed by atoms with Gasteiger partial charge in [0.15, 0.2) is 5.82 Å². The van der Waals surface area contributed by atoms with Crippen LogP contribution in [0.4, 0.5) is 0 Å². The second-order valence-corrected chi connectivity index (χ2v) is 7.45. The molecule has 7 heteroatoms. The van der Waals surface area contributed by atoms with Crippen LogP contribution in [0.25, 0.3) is 21.6 Å². The molecule has 6 nitrogen and oxygen atoms in total. The summed E-state index contributed by atoms with van der Waals surface area (Å²) in [4.78, 5) is 22.1. The quantitative estimate of drug-likeness (QED) is 0.715. The van der Waals surface area contributed by atoms with Crippen LogP contribution >= 0.6 is 11.3 Å². The van der Waals surface area contributed by atoms with Gasteiger partial charge < -0.3 is 10.6 Å². The molecule has 0 saturated carbocycles. The number of rotatable bonds is 4. The van der Waals surface area contributed by atoms with Crippen molar-refractivity contribution in [3.05, 3.63) is 45.1 Å². The van der Waals surface area contributed by atoms with Crippen molar-refractivity contribution in [2.75, 3.05) is 25.5 Å². The third-order valence-electron chi connectivity index (χ3n) is 4.86. The van der Waals surface area contributed by atoms with E-state index in [1.54, 1.807) is 11.3 Å². The van der Waals surface area contributed by atoms with E-state index >= 15 is 0 Å². The number of hydrogen-bond donors (Lipinski definition) is 1. The Morgan fingerprint density at radius 1 is 1.27 bits per heavy atom. The van der Waals surface area contributed by atoms with Gasteiger partial charge in [-0.3, -0.25) is 9.69 Å². The number of nitrogens with two attached hydrogens (primary N) is 1. The summed E-state index contributed by atoms with van der Waals surface area (Å²) in [5, 5.41) is 0.693. The number of hydrogen-bond acceptors (Lipinski definition) is 6. The standard InChI is InChI=1S/C19H22N4O2S/c1-3-22-10-9-14-15(11-22)26-18-16(14)19(24)23(20)17(21-18)12-5-7-13(8-6-12)25-4-2/h5-8H,3-4,9-11,20H2,1-2H3. The predicted molar refractivity (Wildman–Crippen MR) is 105 cm³/mol. The first-order valence-corrected chi connectivity index (χ1v) is 9.72. The van der Waals surface area contributed by atoms with E-state index in [2.05, 4.69) is 11.8 Å². The summed E-state index contributed by atoms with van der Waals surface area (Å²) in [5.41, 5.74) is 1.77. The Kier molecular flexibility index (Phi) is 4.42. The minimum absolute atomic E-state index is 0.165. The van der Waals surface area contributed by atoms with E-state index in [4.69, 9.17) is 15.6 Å². The van der Waals surface area contributed by atoms with Crippen LogP contribution < -0.4 is 16.1 Å². The van der Waals surface area contributed by atoms with Gasteiger partial charge in [0.1, 0.15) is 10.6 Å². The number of likely N-dealkylation sites (N-methyl/N-ethyl adjacent to an activating group) is 1. The van der Waals surface area contributed by atoms with Crippen LogP contribution in [0.15, 0.2) is 29.1 Å². The molecule has 3 heterocycles. The summed E-state index contributed by atoms with van der Waals surface area (Å²) in [5.74, 6) is 7.40. The van der Waals surface area contributed by atoms with Crippen LogP contribution in [0.5, 0.6) is 5.75 Å². The number of benzene rings is 1. The largest absolute Gasteiger partial charge is 0.494 e. The van der Waals surface area contributed by atoms with Crippen molar-refractivity contribution >= 4 is 21.6 Å². The number of ether oxygens (including phenoxy) is 1. The summed E-state index contributed by atoms with van der Waals surface area (Å²) in [6.45, 7) is 7.59. The van der Waals surface area contributed by atoms with Crippen molar-refractivity contribution in [2.24, 2.45) is 0 Å². The number of fused-ring (bicyclic) bond motifs is 3. The number of nitrogens with zero attached hydrogens (tertiary/aromatic N) is 3. The zero-order valence-corrected chi connectivity index (χ0v) is 15.8. The lowest BCUT2D eigenvalue weighted by Gasteiger charge is -2.24. The maximum Gasteiger partial charge on any atom is 0.281 e. The fourth-order valence-corrected chi connectivity index (χ4v) is 4.70. The third kappa shape index (κ3) is 2.77. The topological polar surface area (TPSA) is 73.4 Å². The van der Waals surface area contributed by atoms with Crippen LogP contribution in [-0.2, 0) is 13.0 Å². The van der Waals surface area contributed by atoms with Gasteiger partial charge in [0.25, 0.3) is 5.56 Å². The van der Waals surface area contributed by atoms with Gasteiger partial charge in [-0.25, -0.2) is 9.66 Å². The van der Waals surface area contributed by atoms with E-state index in [0.29, 0.717) is 17.8 Å². The Bertz CT molecular complexity index is 1010. The first-order valence-electron chi connectivity index (χ1n) is 8.90. The molecule has 1 aliphatic heterocycles. The summed E-state index contributed by atoms with van der Waals surface area (Å²) in [7, 11) is 0. The fourth-order valence-electron chi connectivity index (χ4n) is 3.45. The van der Waals surface area contributed by atoms with Crippen molar-refractivity contribution in [1.82, 2.24) is 14.6 Å². The molecule has 2 aromatic heterocycles. The van der Waals surface area contributed by atoms with Crippen molar-refractivity contribution < 1.29 is 4.74 Å². The third-order valence-corrected chi connectivity index (χ3v) is 5.97. The summed E-state index contributed by atoms with van der Waals surface area (Å²) >= 11 is 1.62. The molecular formula is C19H22N4O2S. The Labute approximate surface area is 155 Å². The van der Waals surface area contributed by atoms with Crippen molar-refractivity contribution in [2.45, 2.75) is 26.8 Å². The molecule has 26 heavy (non-hydrogen) atoms. The van der Waals surface area contributed by atoms with Gasteiger partial charge in [-0.15, -0.1) is 11.3 Å². The number of nitrogen functional groups attached to an aromatic ring is 1. The van der Waals surface area contributed by atoms with E-state index in [1.165, 1.54) is 9.55 Å². The highest BCUT2D eigenvalue weighted by Gasteiger charge is 2.24. The molecule has 1 aromatic carbocycles. The Morgan fingerprint density at radius 2 is 2.04 bits per heavy atom. The molecule has 0 atom stereocenters. The molecule has 3 aromatic rings. The van der Waals surface area contributed by atoms with Crippen LogP contribution in [0.1, 0.15) is 24.3 Å². The predicted octanol–water partition coefficient (Wildman–Crippen LogP) is 2.62. The molecular weight excluding hydrogens is 348 g/mol. The minimum Gasteiger partial charge on any atom is -0.494 e. The van der Waals surface area contributed by atoms with Crippen LogP contribution in [0.3, 0.4) is 0 Å². The van der Waals surface area contributed by atoms with Gasteiger partial charge in [-0.05, 0) is 49.7 Å². The summed E-state index contributed by atoms with van der Waals surface area (Å²) in [6.07, 6.45) is 0.877. The van der Waals surface area contributed by atoms with E-state index in [9.17, 15) is 4.79 Å². The van der Waals surface area contributed by atoms with Gasteiger partial charge in [0.2, 0.25) is 0 Å². The lowest BCUT2D eigenvalue weighted by Crippen LogP contribution is -2.32. The van der Waals surface area contributed by atoms with Gasteiger partial charge in [0, 0.05) is 23.5 Å². The second-order valence-electron chi connectivity index (χ2n) is 6.37. The molecule has 136 valence electrons. The maximum absolute atomic E-state index is 12.9. The Balaban J connectivity index is 1.82. The highest BCUT2D eigenvalue weighted by Crippen LogP contribution is 2.33. The summed E-state index contributed by atoms with van der Waals surface area (Å²) in [6, 6.07) is 7.50. The van der Waals surface area contributed by atoms with Gasteiger partial charge in [-0.1, -0.05) is 6.92 Å². The zero-order valence-electron chi connectivity index (χ0n) is 15.0. The molecule has 0 bridgehead atoms. The van der Waals surface area contributed by atoms with E-state index in [-0.39, 0.29) is 5.56 Å². The summed E-state index contributed by atoms with van der Waals surface area (Å²) < 4.78 is 6.65. The molecule has 0 unspecified atom stereocenters. The zero-order chi connectivity index (χ0) is 18.3. The first kappa shape index (κ1) is 17.1. The van der Waals surface area contributed by atoms with Gasteiger partial charge >= 0.3 is 0 Å². The molecule has 2 N–H and O–H groups in total. The van der Waals surface area contributed by atoms with E-state index in [1.807, 2.05) is 31.2 Å². The van der Waals surface area contributed by atoms with Crippen LogP contribution in [-0.4, -0.2) is 34.3 Å². The first-order chi connectivity index (χ1) is 12.6. The SMILES string of the molecule is CCOc1ccc(-c2nc3sc4c(c3c(=O)n2N)CCN(CC)C4)cc1. The Hall–Kier alpha value is -2.38. The van der Waals surface area contributed by atoms with Crippen molar-refractivity contribution in [1.29, 1.82) is 0 Å². The molecule has 0 aliphatic carbocycles. The number of thiophene rings is 1. The molecule has 0 amide bonds. The fraction of sp³-hybridized carbons (Fsp3) is 0.368. The van der Waals surface area contributed by atoms with Crippen molar-refractivity contribution in [3.63, 3.8) is 0 Å². The average Bonchev–Trinajstić information content (AvgIpc) is 3.03. The molecule has 0 radical (unpaired) electrons. The van der Waals surface area contributed by atoms with Gasteiger partial charge in [0.05, 0.1) is 12.0 Å². The monoisotopic (exact) mass is 370 g/mol. The molecule has 0 fully saturated rings. The van der Waals surface area contributed by atoms with E-state index < -0.39 is 0 Å². The Morgan fingerprint density at radius 3 is 2.73 bits per heavy atom. The maximum atomic E-state index is 12.9. The molecule has 0 saturated heterocycles. The highest BCUT2D eigenvalue weighted by atomic mass is 32.1. The van der Waals surface area contributed by atoms with E-state index in [0.717, 1.165) is 47.8 Å². The highest BCUT2D eigenvalue weighted by molar-refractivity contribution is 7.18. The molecule has 4 rings (SSSR count). The second kappa shape index (κ2) is 6.74. The molecule has 1 aliphatic rings. The smallest absolute Gasteiger partial charge is 0.281 e. The van der Waals surface area contributed by atoms with Crippen molar-refractivity contribution in [3.8, 4) is 17.1 Å². The van der Waals surface area contributed by atoms with Gasteiger partial charge in [-0.2, -0.15) is 0 Å². The van der Waals surface area contributed by atoms with Crippen LogP contribution in [0, 0.1) is 0 Å². The molecule has 0 spiro atoms. The minimum atomic E-state index is -0.165. The average molecular weight is 370 g/mol. The van der Waals surface area contributed by atoms with Crippen LogP contribution in [0.2, 0.25) is 0 Å². The number of aromatic nitrogens is 2. The normalized spacial score (nSPS) is 14.5. The lowest BCUT2D eigenvalue weighted by molar-refractivity contribution is 0.272.